The zero-order valence-corrected chi connectivity index (χ0v) is 10.4. The topological polar surface area (TPSA) is 52.9 Å². The maximum absolute atomic E-state index is 13.0. The van der Waals surface area contributed by atoms with Crippen molar-refractivity contribution in [3.63, 3.8) is 0 Å². The Kier molecular flexibility index (Phi) is 4.06. The van der Waals surface area contributed by atoms with Gasteiger partial charge in [-0.1, -0.05) is 12.1 Å². The molecule has 0 unspecified atom stereocenters. The highest BCUT2D eigenvalue weighted by molar-refractivity contribution is 5.93. The minimum Gasteiger partial charge on any atom is -0.325 e. The van der Waals surface area contributed by atoms with Crippen molar-refractivity contribution in [3.05, 3.63) is 65.2 Å². The van der Waals surface area contributed by atoms with Gasteiger partial charge in [0, 0.05) is 0 Å². The van der Waals surface area contributed by atoms with Gasteiger partial charge < -0.3 is 5.32 Å². The predicted molar refractivity (Wildman–Crippen MR) is 69.8 cm³/mol. The molecule has 0 aliphatic carbocycles. The molecule has 5 heteroatoms. The van der Waals surface area contributed by atoms with E-state index in [1.54, 1.807) is 12.1 Å². The van der Waals surface area contributed by atoms with Gasteiger partial charge in [-0.25, -0.2) is 8.78 Å². The van der Waals surface area contributed by atoms with Gasteiger partial charge in [0.1, 0.15) is 17.7 Å². The van der Waals surface area contributed by atoms with Crippen molar-refractivity contribution >= 4 is 11.6 Å². The number of hydrogen-bond donors (Lipinski definition) is 1. The molecule has 2 rings (SSSR count). The number of halogens is 2. The summed E-state index contributed by atoms with van der Waals surface area (Å²) in [6.45, 7) is 0. The number of nitrogens with one attached hydrogen (secondary N) is 1. The molecule has 0 aliphatic rings. The van der Waals surface area contributed by atoms with E-state index in [0.717, 1.165) is 12.1 Å². The van der Waals surface area contributed by atoms with Crippen molar-refractivity contribution in [1.29, 1.82) is 5.26 Å². The third kappa shape index (κ3) is 3.39. The minimum atomic E-state index is -0.551. The van der Waals surface area contributed by atoms with Gasteiger partial charge in [0.25, 0.3) is 0 Å². The molecule has 3 nitrogen and oxygen atoms in total. The fraction of sp³-hybridized carbons (Fsp3) is 0.0667. The third-order valence-electron chi connectivity index (χ3n) is 2.63. The van der Waals surface area contributed by atoms with Gasteiger partial charge in [-0.2, -0.15) is 5.26 Å². The largest absolute Gasteiger partial charge is 0.325 e. The van der Waals surface area contributed by atoms with Crippen molar-refractivity contribution in [2.75, 3.05) is 5.32 Å². The maximum atomic E-state index is 13.0. The summed E-state index contributed by atoms with van der Waals surface area (Å²) in [5.41, 5.74) is 0.788. The van der Waals surface area contributed by atoms with E-state index in [9.17, 15) is 13.6 Å². The Bertz CT molecular complexity index is 693. The smallest absolute Gasteiger partial charge is 0.228 e. The van der Waals surface area contributed by atoms with Crippen molar-refractivity contribution in [2.24, 2.45) is 0 Å². The van der Waals surface area contributed by atoms with Crippen LogP contribution in [0.3, 0.4) is 0 Å². The molecule has 0 aliphatic heterocycles. The van der Waals surface area contributed by atoms with Gasteiger partial charge >= 0.3 is 0 Å². The van der Waals surface area contributed by atoms with Crippen molar-refractivity contribution < 1.29 is 13.6 Å². The monoisotopic (exact) mass is 272 g/mol. The highest BCUT2D eigenvalue weighted by Gasteiger charge is 2.09. The van der Waals surface area contributed by atoms with Crippen LogP contribution in [0.4, 0.5) is 14.5 Å². The number of rotatable bonds is 3. The van der Waals surface area contributed by atoms with E-state index in [2.05, 4.69) is 5.32 Å². The Hall–Kier alpha value is -2.74. The molecule has 0 atom stereocenters. The normalized spacial score (nSPS) is 9.85. The maximum Gasteiger partial charge on any atom is 0.228 e. The van der Waals surface area contributed by atoms with E-state index in [0.29, 0.717) is 5.56 Å². The first kappa shape index (κ1) is 13.7. The van der Waals surface area contributed by atoms with Crippen LogP contribution < -0.4 is 5.32 Å². The molecule has 0 heterocycles. The number of nitrogens with zero attached hydrogens (tertiary/aromatic N) is 1. The molecule has 0 fully saturated rings. The molecule has 100 valence electrons. The number of carbonyl (C=O) groups excluding carboxylic acids is 1. The van der Waals surface area contributed by atoms with Crippen LogP contribution in [0.2, 0.25) is 0 Å². The molecular formula is C15H10F2N2O. The highest BCUT2D eigenvalue weighted by Crippen LogP contribution is 2.16. The van der Waals surface area contributed by atoms with Crippen molar-refractivity contribution in [3.8, 4) is 6.07 Å². The first-order valence-corrected chi connectivity index (χ1v) is 5.82. The minimum absolute atomic E-state index is 0.0278. The predicted octanol–water partition coefficient (Wildman–Crippen LogP) is 3.02. The fourth-order valence-electron chi connectivity index (χ4n) is 1.74. The van der Waals surface area contributed by atoms with Gasteiger partial charge in [-0.15, -0.1) is 0 Å². The van der Waals surface area contributed by atoms with Gasteiger partial charge in [0.15, 0.2) is 0 Å². The molecule has 0 radical (unpaired) electrons. The van der Waals surface area contributed by atoms with Crippen LogP contribution >= 0.6 is 0 Å². The quantitative estimate of drug-likeness (QED) is 0.933. The summed E-state index contributed by atoms with van der Waals surface area (Å²) in [6.07, 6.45) is -0.0278. The highest BCUT2D eigenvalue weighted by atomic mass is 19.1. The summed E-state index contributed by atoms with van der Waals surface area (Å²) in [5, 5.41) is 11.4. The van der Waals surface area contributed by atoms with E-state index < -0.39 is 17.5 Å². The molecule has 2 aromatic rings. The summed E-state index contributed by atoms with van der Waals surface area (Å²) in [6, 6.07) is 11.0. The SMILES string of the molecule is N#Cc1cc(F)ccc1NC(=O)Cc1cccc(F)c1. The lowest BCUT2D eigenvalue weighted by Gasteiger charge is -2.07. The first-order chi connectivity index (χ1) is 9.58. The number of amides is 1. The third-order valence-corrected chi connectivity index (χ3v) is 2.63. The van der Waals surface area contributed by atoms with E-state index >= 15 is 0 Å². The number of anilines is 1. The summed E-state index contributed by atoms with van der Waals surface area (Å²) in [7, 11) is 0. The van der Waals surface area contributed by atoms with Crippen LogP contribution in [0.1, 0.15) is 11.1 Å². The lowest BCUT2D eigenvalue weighted by molar-refractivity contribution is -0.115. The Morgan fingerprint density at radius 3 is 2.60 bits per heavy atom. The summed E-state index contributed by atoms with van der Waals surface area (Å²) < 4.78 is 25.9. The van der Waals surface area contributed by atoms with Gasteiger partial charge in [0.2, 0.25) is 5.91 Å². The second-order valence-corrected chi connectivity index (χ2v) is 4.16. The van der Waals surface area contributed by atoms with E-state index in [4.69, 9.17) is 5.26 Å². The summed E-state index contributed by atoms with van der Waals surface area (Å²) in [4.78, 5) is 11.8. The van der Waals surface area contributed by atoms with Gasteiger partial charge in [-0.3, -0.25) is 4.79 Å². The van der Waals surface area contributed by atoms with E-state index in [1.807, 2.05) is 0 Å². The molecule has 0 spiro atoms. The molecule has 0 bridgehead atoms. The molecule has 0 saturated heterocycles. The van der Waals surface area contributed by atoms with Crippen LogP contribution in [-0.4, -0.2) is 5.91 Å². The van der Waals surface area contributed by atoms with Crippen molar-refractivity contribution in [2.45, 2.75) is 6.42 Å². The van der Waals surface area contributed by atoms with Crippen LogP contribution in [-0.2, 0) is 11.2 Å². The Labute approximate surface area is 114 Å². The Balaban J connectivity index is 2.11. The zero-order chi connectivity index (χ0) is 14.5. The fourth-order valence-corrected chi connectivity index (χ4v) is 1.74. The average molecular weight is 272 g/mol. The lowest BCUT2D eigenvalue weighted by Crippen LogP contribution is -2.15. The molecule has 20 heavy (non-hydrogen) atoms. The molecule has 2 aromatic carbocycles. The van der Waals surface area contributed by atoms with Crippen LogP contribution in [0, 0.1) is 23.0 Å². The number of carbonyl (C=O) groups is 1. The van der Waals surface area contributed by atoms with Crippen molar-refractivity contribution in [1.82, 2.24) is 0 Å². The molecule has 0 saturated carbocycles. The second kappa shape index (κ2) is 5.93. The number of hydrogen-bond acceptors (Lipinski definition) is 2. The van der Waals surface area contributed by atoms with Gasteiger partial charge in [-0.05, 0) is 35.9 Å². The Morgan fingerprint density at radius 1 is 1.15 bits per heavy atom. The van der Waals surface area contributed by atoms with Gasteiger partial charge in [0.05, 0.1) is 17.7 Å². The second-order valence-electron chi connectivity index (χ2n) is 4.16. The standard InChI is InChI=1S/C15H10F2N2O/c16-12-3-1-2-10(6-12)7-15(20)19-14-5-4-13(17)8-11(14)9-18/h1-6,8H,7H2,(H,19,20). The zero-order valence-electron chi connectivity index (χ0n) is 10.4. The number of nitriles is 1. The average Bonchev–Trinajstić information content (AvgIpc) is 2.40. The summed E-state index contributed by atoms with van der Waals surface area (Å²) >= 11 is 0. The molecule has 0 aromatic heterocycles. The van der Waals surface area contributed by atoms with E-state index in [-0.39, 0.29) is 17.7 Å². The first-order valence-electron chi connectivity index (χ1n) is 5.82. The molecule has 1 N–H and O–H groups in total. The lowest BCUT2D eigenvalue weighted by atomic mass is 10.1. The molecule has 1 amide bonds. The molecular weight excluding hydrogens is 262 g/mol. The Morgan fingerprint density at radius 2 is 1.90 bits per heavy atom. The van der Waals surface area contributed by atoms with Crippen LogP contribution in [0.15, 0.2) is 42.5 Å². The summed E-state index contributed by atoms with van der Waals surface area (Å²) in [5.74, 6) is -1.38. The van der Waals surface area contributed by atoms with Crippen LogP contribution in [0.5, 0.6) is 0 Å². The number of benzene rings is 2. The van der Waals surface area contributed by atoms with E-state index in [1.165, 1.54) is 24.3 Å². The van der Waals surface area contributed by atoms with Crippen LogP contribution in [0.25, 0.3) is 0 Å².